The zero-order chi connectivity index (χ0) is 13.1. The van der Waals surface area contributed by atoms with E-state index < -0.39 is 5.97 Å². The third-order valence-electron chi connectivity index (χ3n) is 2.80. The largest absolute Gasteiger partial charge is 0.497 e. The monoisotopic (exact) mass is 248 g/mol. The van der Waals surface area contributed by atoms with Crippen LogP contribution in [-0.4, -0.2) is 20.2 Å². The minimum Gasteiger partial charge on any atom is -0.497 e. The number of carbonyl (C=O) groups is 1. The van der Waals surface area contributed by atoms with Crippen LogP contribution in [0.15, 0.2) is 30.3 Å². The van der Waals surface area contributed by atoms with Crippen molar-refractivity contribution in [2.24, 2.45) is 0 Å². The third kappa shape index (κ3) is 2.27. The van der Waals surface area contributed by atoms with Crippen LogP contribution in [0.4, 0.5) is 4.39 Å². The predicted octanol–water partition coefficient (Wildman–Crippen LogP) is 2.70. The van der Waals surface area contributed by atoms with Crippen molar-refractivity contribution in [2.45, 2.75) is 6.42 Å². The van der Waals surface area contributed by atoms with Crippen LogP contribution in [0.5, 0.6) is 5.75 Å². The smallest absolute Gasteiger partial charge is 0.310 e. The number of fused-ring (bicyclic) bond motifs is 1. The molecule has 2 aromatic carbocycles. The van der Waals surface area contributed by atoms with Crippen LogP contribution >= 0.6 is 0 Å². The molecule has 18 heavy (non-hydrogen) atoms. The third-order valence-corrected chi connectivity index (χ3v) is 2.80. The molecule has 0 aliphatic heterocycles. The Morgan fingerprint density at radius 1 is 1.22 bits per heavy atom. The van der Waals surface area contributed by atoms with Gasteiger partial charge in [-0.15, -0.1) is 0 Å². The Hall–Kier alpha value is -2.10. The van der Waals surface area contributed by atoms with E-state index in [0.717, 1.165) is 5.39 Å². The predicted molar refractivity (Wildman–Crippen MR) is 66.2 cm³/mol. The highest BCUT2D eigenvalue weighted by molar-refractivity contribution is 5.86. The molecule has 0 N–H and O–H groups in total. The number of methoxy groups -OCH3 is 2. The van der Waals surface area contributed by atoms with E-state index in [0.29, 0.717) is 16.7 Å². The van der Waals surface area contributed by atoms with Gasteiger partial charge in [-0.2, -0.15) is 0 Å². The van der Waals surface area contributed by atoms with Gasteiger partial charge in [0.05, 0.1) is 20.6 Å². The average Bonchev–Trinajstić information content (AvgIpc) is 2.41. The Morgan fingerprint density at radius 2 is 2.00 bits per heavy atom. The maximum atomic E-state index is 14.2. The van der Waals surface area contributed by atoms with Crippen LogP contribution in [0, 0.1) is 5.82 Å². The van der Waals surface area contributed by atoms with Gasteiger partial charge in [-0.05, 0) is 29.1 Å². The lowest BCUT2D eigenvalue weighted by atomic mass is 10.0. The standard InChI is InChI=1S/C14H13FO3/c1-17-11-5-6-12-9(7-11)3-4-10(14(12)15)8-13(16)18-2/h3-7H,8H2,1-2H3. The van der Waals surface area contributed by atoms with E-state index in [1.54, 1.807) is 37.4 Å². The maximum absolute atomic E-state index is 14.2. The number of ether oxygens (including phenoxy) is 2. The van der Waals surface area contributed by atoms with Crippen molar-refractivity contribution >= 4 is 16.7 Å². The average molecular weight is 248 g/mol. The molecule has 0 atom stereocenters. The van der Waals surface area contributed by atoms with Crippen LogP contribution in [-0.2, 0) is 16.0 Å². The van der Waals surface area contributed by atoms with Crippen molar-refractivity contribution in [1.29, 1.82) is 0 Å². The van der Waals surface area contributed by atoms with E-state index in [1.807, 2.05) is 0 Å². The summed E-state index contributed by atoms with van der Waals surface area (Å²) in [5.74, 6) is -0.176. The lowest BCUT2D eigenvalue weighted by Crippen LogP contribution is -2.06. The first-order chi connectivity index (χ1) is 8.65. The van der Waals surface area contributed by atoms with Crippen molar-refractivity contribution in [3.05, 3.63) is 41.7 Å². The second kappa shape index (κ2) is 5.04. The molecule has 0 amide bonds. The Kier molecular flexibility index (Phi) is 3.46. The second-order valence-corrected chi connectivity index (χ2v) is 3.88. The molecule has 0 bridgehead atoms. The SMILES string of the molecule is COC(=O)Cc1ccc2cc(OC)ccc2c1F. The maximum Gasteiger partial charge on any atom is 0.310 e. The highest BCUT2D eigenvalue weighted by Gasteiger charge is 2.11. The van der Waals surface area contributed by atoms with Gasteiger partial charge in [0.15, 0.2) is 0 Å². The molecule has 0 spiro atoms. The van der Waals surface area contributed by atoms with Gasteiger partial charge in [-0.25, -0.2) is 4.39 Å². The van der Waals surface area contributed by atoms with Crippen LogP contribution in [0.1, 0.15) is 5.56 Å². The van der Waals surface area contributed by atoms with Crippen molar-refractivity contribution < 1.29 is 18.7 Å². The summed E-state index contributed by atoms with van der Waals surface area (Å²) in [6.45, 7) is 0. The molecule has 0 saturated heterocycles. The number of rotatable bonds is 3. The number of hydrogen-bond donors (Lipinski definition) is 0. The van der Waals surface area contributed by atoms with Gasteiger partial charge >= 0.3 is 5.97 Å². The quantitative estimate of drug-likeness (QED) is 0.783. The van der Waals surface area contributed by atoms with E-state index in [1.165, 1.54) is 7.11 Å². The molecular formula is C14H13FO3. The molecule has 3 nitrogen and oxygen atoms in total. The van der Waals surface area contributed by atoms with Crippen LogP contribution in [0.2, 0.25) is 0 Å². The Balaban J connectivity index is 2.47. The van der Waals surface area contributed by atoms with E-state index in [-0.39, 0.29) is 12.2 Å². The number of benzene rings is 2. The summed E-state index contributed by atoms with van der Waals surface area (Å²) < 4.78 is 23.8. The van der Waals surface area contributed by atoms with Gasteiger partial charge in [0.25, 0.3) is 0 Å². The summed E-state index contributed by atoms with van der Waals surface area (Å²) in [5, 5.41) is 1.21. The van der Waals surface area contributed by atoms with Crippen LogP contribution in [0.3, 0.4) is 0 Å². The fourth-order valence-electron chi connectivity index (χ4n) is 1.81. The first-order valence-electron chi connectivity index (χ1n) is 5.47. The van der Waals surface area contributed by atoms with Crippen LogP contribution < -0.4 is 4.74 Å². The van der Waals surface area contributed by atoms with Crippen LogP contribution in [0.25, 0.3) is 10.8 Å². The molecular weight excluding hydrogens is 235 g/mol. The van der Waals surface area contributed by atoms with E-state index in [2.05, 4.69) is 4.74 Å². The summed E-state index contributed by atoms with van der Waals surface area (Å²) in [4.78, 5) is 11.2. The van der Waals surface area contributed by atoms with Gasteiger partial charge in [0.2, 0.25) is 0 Å². The van der Waals surface area contributed by atoms with E-state index in [9.17, 15) is 9.18 Å². The molecule has 0 fully saturated rings. The normalized spacial score (nSPS) is 10.4. The Labute approximate surface area is 104 Å². The highest BCUT2D eigenvalue weighted by atomic mass is 19.1. The second-order valence-electron chi connectivity index (χ2n) is 3.88. The molecule has 0 radical (unpaired) electrons. The Morgan fingerprint density at radius 3 is 2.67 bits per heavy atom. The van der Waals surface area contributed by atoms with Crippen molar-refractivity contribution in [2.75, 3.05) is 14.2 Å². The first kappa shape index (κ1) is 12.4. The molecule has 2 aromatic rings. The summed E-state index contributed by atoms with van der Waals surface area (Å²) in [5.41, 5.74) is 0.333. The molecule has 0 unspecified atom stereocenters. The topological polar surface area (TPSA) is 35.5 Å². The van der Waals surface area contributed by atoms with Crippen molar-refractivity contribution in [3.63, 3.8) is 0 Å². The van der Waals surface area contributed by atoms with E-state index >= 15 is 0 Å². The van der Waals surface area contributed by atoms with Gasteiger partial charge in [-0.1, -0.05) is 12.1 Å². The zero-order valence-electron chi connectivity index (χ0n) is 10.2. The zero-order valence-corrected chi connectivity index (χ0v) is 10.2. The first-order valence-corrected chi connectivity index (χ1v) is 5.47. The number of hydrogen-bond acceptors (Lipinski definition) is 3. The fourth-order valence-corrected chi connectivity index (χ4v) is 1.81. The van der Waals surface area contributed by atoms with Crippen molar-refractivity contribution in [1.82, 2.24) is 0 Å². The molecule has 94 valence electrons. The molecule has 0 aromatic heterocycles. The minimum atomic E-state index is -0.457. The summed E-state index contributed by atoms with van der Waals surface area (Å²) >= 11 is 0. The molecule has 0 aliphatic rings. The van der Waals surface area contributed by atoms with Gasteiger partial charge in [0, 0.05) is 5.39 Å². The summed E-state index contributed by atoms with van der Waals surface area (Å²) in [6, 6.07) is 8.44. The molecule has 4 heteroatoms. The number of esters is 1. The summed E-state index contributed by atoms with van der Waals surface area (Å²) in [6.07, 6.45) is -0.0652. The Bertz CT molecular complexity index is 593. The summed E-state index contributed by atoms with van der Waals surface area (Å²) in [7, 11) is 2.84. The minimum absolute atomic E-state index is 0.0652. The lowest BCUT2D eigenvalue weighted by molar-refractivity contribution is -0.139. The van der Waals surface area contributed by atoms with Gasteiger partial charge < -0.3 is 9.47 Å². The van der Waals surface area contributed by atoms with Crippen molar-refractivity contribution in [3.8, 4) is 5.75 Å². The lowest BCUT2D eigenvalue weighted by Gasteiger charge is -2.07. The fraction of sp³-hybridized carbons (Fsp3) is 0.214. The molecule has 0 heterocycles. The van der Waals surface area contributed by atoms with E-state index in [4.69, 9.17) is 4.74 Å². The van der Waals surface area contributed by atoms with Gasteiger partial charge in [-0.3, -0.25) is 4.79 Å². The molecule has 2 rings (SSSR count). The molecule has 0 saturated carbocycles. The van der Waals surface area contributed by atoms with Gasteiger partial charge in [0.1, 0.15) is 11.6 Å². The number of halogens is 1. The molecule has 0 aliphatic carbocycles. The number of carbonyl (C=O) groups excluding carboxylic acids is 1. The highest BCUT2D eigenvalue weighted by Crippen LogP contribution is 2.25.